The SMILES string of the molecule is CC1(C(N)=O)CN(C2(CC#N)CCN(Cc3ccc(Cl)cc3)CC2)N=C1NC(=O)C1CC1. The van der Waals surface area contributed by atoms with E-state index in [1.165, 1.54) is 5.56 Å². The Kier molecular flexibility index (Phi) is 6.15. The number of nitrogens with two attached hydrogens (primary N) is 1. The molecule has 1 aromatic carbocycles. The maximum absolute atomic E-state index is 12.4. The minimum atomic E-state index is -1.09. The molecule has 1 unspecified atom stereocenters. The molecule has 3 aliphatic rings. The smallest absolute Gasteiger partial charge is 0.232 e. The highest BCUT2D eigenvalue weighted by Gasteiger charge is 2.51. The Morgan fingerprint density at radius 2 is 1.94 bits per heavy atom. The number of piperidine rings is 1. The van der Waals surface area contributed by atoms with E-state index in [1.54, 1.807) is 6.92 Å². The zero-order valence-corrected chi connectivity index (χ0v) is 19.1. The topological polar surface area (TPSA) is 115 Å². The number of carbonyl (C=O) groups excluding carboxylic acids is 2. The van der Waals surface area contributed by atoms with Crippen LogP contribution in [-0.4, -0.2) is 52.7 Å². The molecule has 2 amide bonds. The minimum absolute atomic E-state index is 0.00643. The van der Waals surface area contributed by atoms with Crippen molar-refractivity contribution in [2.24, 2.45) is 22.2 Å². The van der Waals surface area contributed by atoms with Gasteiger partial charge in [0.1, 0.15) is 11.3 Å². The number of hydrogen-bond donors (Lipinski definition) is 2. The van der Waals surface area contributed by atoms with Gasteiger partial charge in [-0.25, -0.2) is 0 Å². The van der Waals surface area contributed by atoms with E-state index in [0.717, 1.165) is 50.3 Å². The van der Waals surface area contributed by atoms with E-state index in [0.29, 0.717) is 12.3 Å². The molecule has 2 aliphatic heterocycles. The van der Waals surface area contributed by atoms with Crippen molar-refractivity contribution in [3.63, 3.8) is 0 Å². The van der Waals surface area contributed by atoms with Crippen molar-refractivity contribution in [3.05, 3.63) is 34.9 Å². The monoisotopic (exact) mass is 456 g/mol. The zero-order chi connectivity index (χ0) is 22.9. The summed E-state index contributed by atoms with van der Waals surface area (Å²) in [5, 5.41) is 19.7. The molecule has 9 heteroatoms. The van der Waals surface area contributed by atoms with Crippen LogP contribution in [0.2, 0.25) is 5.02 Å². The van der Waals surface area contributed by atoms with Crippen molar-refractivity contribution in [3.8, 4) is 6.07 Å². The number of hydrogen-bond acceptors (Lipinski definition) is 6. The number of rotatable bonds is 6. The van der Waals surface area contributed by atoms with Crippen LogP contribution in [0, 0.1) is 22.7 Å². The Labute approximate surface area is 193 Å². The van der Waals surface area contributed by atoms with E-state index in [-0.39, 0.29) is 18.4 Å². The molecule has 8 nitrogen and oxygen atoms in total. The fourth-order valence-corrected chi connectivity index (χ4v) is 4.61. The van der Waals surface area contributed by atoms with Gasteiger partial charge in [-0.15, -0.1) is 0 Å². The summed E-state index contributed by atoms with van der Waals surface area (Å²) in [6.45, 7) is 4.39. The lowest BCUT2D eigenvalue weighted by Crippen LogP contribution is -2.55. The van der Waals surface area contributed by atoms with Gasteiger partial charge in [0.25, 0.3) is 0 Å². The van der Waals surface area contributed by atoms with Crippen molar-refractivity contribution < 1.29 is 9.59 Å². The molecule has 0 bridgehead atoms. The molecular weight excluding hydrogens is 428 g/mol. The average molecular weight is 457 g/mol. The first-order valence-corrected chi connectivity index (χ1v) is 11.4. The van der Waals surface area contributed by atoms with Gasteiger partial charge < -0.3 is 11.1 Å². The summed E-state index contributed by atoms with van der Waals surface area (Å²) in [5.41, 5.74) is 5.34. The molecule has 3 N–H and O–H groups in total. The van der Waals surface area contributed by atoms with Crippen LogP contribution >= 0.6 is 11.6 Å². The van der Waals surface area contributed by atoms with Gasteiger partial charge in [-0.1, -0.05) is 23.7 Å². The lowest BCUT2D eigenvalue weighted by atomic mass is 9.82. The van der Waals surface area contributed by atoms with Crippen molar-refractivity contribution in [2.75, 3.05) is 19.6 Å². The van der Waals surface area contributed by atoms with Crippen LogP contribution in [0.5, 0.6) is 0 Å². The number of primary amides is 1. The maximum atomic E-state index is 12.4. The van der Waals surface area contributed by atoms with E-state index in [2.05, 4.69) is 21.4 Å². The highest BCUT2D eigenvalue weighted by atomic mass is 35.5. The van der Waals surface area contributed by atoms with E-state index in [4.69, 9.17) is 17.3 Å². The molecule has 1 saturated carbocycles. The second kappa shape index (κ2) is 8.72. The maximum Gasteiger partial charge on any atom is 0.232 e. The number of amides is 2. The third-order valence-corrected chi connectivity index (χ3v) is 7.26. The second-order valence-electron chi connectivity index (χ2n) is 9.43. The van der Waals surface area contributed by atoms with Crippen molar-refractivity contribution in [1.29, 1.82) is 5.26 Å². The van der Waals surface area contributed by atoms with Gasteiger partial charge in [0.05, 0.1) is 24.6 Å². The van der Waals surface area contributed by atoms with E-state index in [1.807, 2.05) is 29.3 Å². The molecule has 1 saturated heterocycles. The summed E-state index contributed by atoms with van der Waals surface area (Å²) < 4.78 is 0. The number of nitrogens with zero attached hydrogens (tertiary/aromatic N) is 4. The predicted molar refractivity (Wildman–Crippen MR) is 121 cm³/mol. The Balaban J connectivity index is 1.49. The lowest BCUT2D eigenvalue weighted by Gasteiger charge is -2.45. The van der Waals surface area contributed by atoms with Crippen molar-refractivity contribution >= 4 is 29.3 Å². The van der Waals surface area contributed by atoms with E-state index >= 15 is 0 Å². The first kappa shape index (κ1) is 22.6. The number of nitriles is 1. The third kappa shape index (κ3) is 4.45. The van der Waals surface area contributed by atoms with Gasteiger partial charge in [-0.3, -0.25) is 19.5 Å². The normalized spacial score (nSPS) is 25.2. The zero-order valence-electron chi connectivity index (χ0n) is 18.3. The number of nitrogens with one attached hydrogen (secondary N) is 1. The molecule has 32 heavy (non-hydrogen) atoms. The van der Waals surface area contributed by atoms with Gasteiger partial charge in [0.15, 0.2) is 0 Å². The highest BCUT2D eigenvalue weighted by Crippen LogP contribution is 2.39. The first-order valence-electron chi connectivity index (χ1n) is 11.1. The Bertz CT molecular complexity index is 960. The van der Waals surface area contributed by atoms with Crippen LogP contribution in [0.1, 0.15) is 44.6 Å². The number of carbonyl (C=O) groups is 2. The number of likely N-dealkylation sites (tertiary alicyclic amines) is 1. The average Bonchev–Trinajstić information content (AvgIpc) is 3.56. The van der Waals surface area contributed by atoms with Crippen LogP contribution in [-0.2, 0) is 16.1 Å². The number of benzene rings is 1. The van der Waals surface area contributed by atoms with Gasteiger partial charge in [0.2, 0.25) is 11.8 Å². The highest BCUT2D eigenvalue weighted by molar-refractivity contribution is 6.30. The van der Waals surface area contributed by atoms with Crippen LogP contribution in [0.25, 0.3) is 0 Å². The van der Waals surface area contributed by atoms with Crippen molar-refractivity contribution in [2.45, 2.75) is 51.1 Å². The Hall–Kier alpha value is -2.63. The quantitative estimate of drug-likeness (QED) is 0.681. The molecule has 1 aromatic rings. The first-order chi connectivity index (χ1) is 15.3. The van der Waals surface area contributed by atoms with E-state index in [9.17, 15) is 14.9 Å². The fraction of sp³-hybridized carbons (Fsp3) is 0.565. The van der Waals surface area contributed by atoms with Crippen LogP contribution in [0.3, 0.4) is 0 Å². The predicted octanol–water partition coefficient (Wildman–Crippen LogP) is 2.24. The fourth-order valence-electron chi connectivity index (χ4n) is 4.49. The third-order valence-electron chi connectivity index (χ3n) is 7.00. The summed E-state index contributed by atoms with van der Waals surface area (Å²) in [5.74, 6) is -0.330. The summed E-state index contributed by atoms with van der Waals surface area (Å²) >= 11 is 5.99. The van der Waals surface area contributed by atoms with Gasteiger partial charge >= 0.3 is 0 Å². The molecule has 1 aliphatic carbocycles. The molecule has 2 fully saturated rings. The van der Waals surface area contributed by atoms with Gasteiger partial charge in [-0.05, 0) is 50.3 Å². The summed E-state index contributed by atoms with van der Waals surface area (Å²) in [7, 11) is 0. The molecule has 4 rings (SSSR count). The molecule has 2 heterocycles. The molecule has 0 radical (unpaired) electrons. The Morgan fingerprint density at radius 3 is 2.50 bits per heavy atom. The van der Waals surface area contributed by atoms with Crippen LogP contribution in [0.4, 0.5) is 0 Å². The summed E-state index contributed by atoms with van der Waals surface area (Å²) in [6, 6.07) is 10.2. The molecule has 1 atom stereocenters. The van der Waals surface area contributed by atoms with Crippen molar-refractivity contribution in [1.82, 2.24) is 15.2 Å². The lowest BCUT2D eigenvalue weighted by molar-refractivity contribution is -0.124. The van der Waals surface area contributed by atoms with Crippen LogP contribution < -0.4 is 11.1 Å². The number of amidine groups is 1. The minimum Gasteiger partial charge on any atom is -0.369 e. The molecule has 0 spiro atoms. The second-order valence-corrected chi connectivity index (χ2v) is 9.86. The van der Waals surface area contributed by atoms with Gasteiger partial charge in [0, 0.05) is 30.6 Å². The summed E-state index contributed by atoms with van der Waals surface area (Å²) in [4.78, 5) is 27.1. The van der Waals surface area contributed by atoms with Crippen LogP contribution in [0.15, 0.2) is 29.4 Å². The largest absolute Gasteiger partial charge is 0.369 e. The number of halogens is 1. The van der Waals surface area contributed by atoms with Gasteiger partial charge in [-0.2, -0.15) is 10.4 Å². The molecule has 170 valence electrons. The Morgan fingerprint density at radius 1 is 1.28 bits per heavy atom. The standard InChI is InChI=1S/C23H29ClN6O2/c1-22(20(26)32)15-30(28-21(22)27-19(31)17-4-5-17)23(8-11-25)9-12-29(13-10-23)14-16-2-6-18(24)7-3-16/h2-3,6-7,17H,4-5,8-10,12-15H2,1H3,(H2,26,32)(H,27,28,31). The molecule has 0 aromatic heterocycles. The molecular formula is C23H29ClN6O2. The summed E-state index contributed by atoms with van der Waals surface area (Å²) in [6.07, 6.45) is 3.48. The number of hydrazone groups is 1. The van der Waals surface area contributed by atoms with E-state index < -0.39 is 16.9 Å².